The van der Waals surface area contributed by atoms with Gasteiger partial charge in [0.1, 0.15) is 0 Å². The Morgan fingerprint density at radius 1 is 1.31 bits per heavy atom. The molecule has 1 fully saturated rings. The number of carbonyl (C=O) groups is 2. The van der Waals surface area contributed by atoms with Crippen LogP contribution in [0.1, 0.15) is 39.0 Å². The van der Waals surface area contributed by atoms with E-state index in [2.05, 4.69) is 6.92 Å². The summed E-state index contributed by atoms with van der Waals surface area (Å²) < 4.78 is 5.07. The predicted molar refractivity (Wildman–Crippen MR) is 60.2 cm³/mol. The number of amides is 2. The maximum Gasteiger partial charge on any atom is 0.378 e. The smallest absolute Gasteiger partial charge is 0.378 e. The number of unbranched alkanes of at least 4 members (excludes halogenated alkanes) is 2. The average Bonchev–Trinajstić information content (AvgIpc) is 2.56. The van der Waals surface area contributed by atoms with Gasteiger partial charge >= 0.3 is 5.24 Å². The van der Waals surface area contributed by atoms with Crippen molar-refractivity contribution >= 4 is 29.3 Å². The Balaban J connectivity index is 2.23. The number of imide groups is 1. The molecule has 6 heteroatoms. The molecule has 90 valence electrons. The fraction of sp³-hybridized carbons (Fsp3) is 0.700. The second-order valence-electron chi connectivity index (χ2n) is 3.48. The lowest BCUT2D eigenvalue weighted by Crippen LogP contribution is -2.32. The van der Waals surface area contributed by atoms with E-state index in [-0.39, 0.29) is 29.9 Å². The van der Waals surface area contributed by atoms with Crippen LogP contribution in [-0.2, 0) is 19.2 Å². The van der Waals surface area contributed by atoms with E-state index in [9.17, 15) is 9.59 Å². The second kappa shape index (κ2) is 6.42. The van der Waals surface area contributed by atoms with Crippen LogP contribution < -0.4 is 0 Å². The van der Waals surface area contributed by atoms with Gasteiger partial charge < -0.3 is 9.57 Å². The van der Waals surface area contributed by atoms with Crippen LogP contribution in [-0.4, -0.2) is 28.7 Å². The van der Waals surface area contributed by atoms with Crippen LogP contribution in [0.15, 0.2) is 0 Å². The Kier molecular flexibility index (Phi) is 5.18. The average molecular weight is 245 g/mol. The standard InChI is InChI=1S/C10H15NO4S/c1-2-3-4-7-14-10(16)15-11-8(12)5-6-9(11)13/h2-7H2,1H3. The molecule has 0 spiro atoms. The Hall–Kier alpha value is -1.17. The van der Waals surface area contributed by atoms with Gasteiger partial charge in [0, 0.05) is 25.1 Å². The van der Waals surface area contributed by atoms with Gasteiger partial charge in [-0.15, -0.1) is 5.06 Å². The fourth-order valence-electron chi connectivity index (χ4n) is 1.27. The van der Waals surface area contributed by atoms with Gasteiger partial charge in [-0.3, -0.25) is 9.59 Å². The first kappa shape index (κ1) is 12.9. The third kappa shape index (κ3) is 3.77. The third-order valence-electron chi connectivity index (χ3n) is 2.14. The highest BCUT2D eigenvalue weighted by Gasteiger charge is 2.32. The van der Waals surface area contributed by atoms with Crippen LogP contribution >= 0.6 is 12.2 Å². The van der Waals surface area contributed by atoms with E-state index < -0.39 is 0 Å². The number of nitrogens with zero attached hydrogens (tertiary/aromatic N) is 1. The molecule has 1 saturated heterocycles. The molecule has 0 unspecified atom stereocenters. The lowest BCUT2D eigenvalue weighted by atomic mass is 10.3. The number of hydroxylamine groups is 2. The monoisotopic (exact) mass is 245 g/mol. The summed E-state index contributed by atoms with van der Waals surface area (Å²) in [4.78, 5) is 27.2. The maximum absolute atomic E-state index is 11.2. The topological polar surface area (TPSA) is 55.8 Å². The van der Waals surface area contributed by atoms with E-state index >= 15 is 0 Å². The summed E-state index contributed by atoms with van der Waals surface area (Å²) in [6.45, 7) is 2.53. The molecule has 0 aliphatic carbocycles. The highest BCUT2D eigenvalue weighted by molar-refractivity contribution is 7.79. The Bertz CT molecular complexity index is 277. The Morgan fingerprint density at radius 3 is 2.50 bits per heavy atom. The van der Waals surface area contributed by atoms with Crippen molar-refractivity contribution in [2.75, 3.05) is 6.61 Å². The first-order valence-corrected chi connectivity index (χ1v) is 5.76. The van der Waals surface area contributed by atoms with Crippen LogP contribution in [0.3, 0.4) is 0 Å². The van der Waals surface area contributed by atoms with Crippen molar-refractivity contribution in [2.45, 2.75) is 39.0 Å². The van der Waals surface area contributed by atoms with E-state index in [1.54, 1.807) is 0 Å². The van der Waals surface area contributed by atoms with Gasteiger partial charge in [0.05, 0.1) is 6.61 Å². The van der Waals surface area contributed by atoms with Crippen LogP contribution in [0, 0.1) is 0 Å². The molecule has 0 aromatic carbocycles. The zero-order valence-electron chi connectivity index (χ0n) is 9.23. The third-order valence-corrected chi connectivity index (χ3v) is 2.33. The molecule has 0 saturated carbocycles. The molecule has 1 rings (SSSR count). The quantitative estimate of drug-likeness (QED) is 0.418. The lowest BCUT2D eigenvalue weighted by Gasteiger charge is -2.14. The summed E-state index contributed by atoms with van der Waals surface area (Å²) in [7, 11) is 0. The highest BCUT2D eigenvalue weighted by atomic mass is 32.1. The fourth-order valence-corrected chi connectivity index (χ4v) is 1.42. The van der Waals surface area contributed by atoms with Crippen molar-refractivity contribution in [1.82, 2.24) is 5.06 Å². The maximum atomic E-state index is 11.2. The number of ether oxygens (including phenoxy) is 1. The van der Waals surface area contributed by atoms with E-state index in [4.69, 9.17) is 21.8 Å². The molecule has 0 N–H and O–H groups in total. The van der Waals surface area contributed by atoms with E-state index in [1.165, 1.54) is 0 Å². The zero-order chi connectivity index (χ0) is 12.0. The number of thiocarbonyl (C=S) groups is 1. The summed E-state index contributed by atoms with van der Waals surface area (Å²) in [6.07, 6.45) is 3.36. The van der Waals surface area contributed by atoms with Crippen LogP contribution in [0.2, 0.25) is 0 Å². The van der Waals surface area contributed by atoms with Crippen molar-refractivity contribution in [2.24, 2.45) is 0 Å². The predicted octanol–water partition coefficient (Wildman–Crippen LogP) is 1.56. The molecule has 0 aromatic heterocycles. The number of rotatable bonds is 5. The summed E-state index contributed by atoms with van der Waals surface area (Å²) in [5.74, 6) is -0.742. The normalized spacial score (nSPS) is 15.4. The first-order chi connectivity index (χ1) is 7.65. The second-order valence-corrected chi connectivity index (χ2v) is 3.81. The molecule has 5 nitrogen and oxygen atoms in total. The van der Waals surface area contributed by atoms with Gasteiger partial charge in [0.15, 0.2) is 0 Å². The van der Waals surface area contributed by atoms with Crippen LogP contribution in [0.4, 0.5) is 0 Å². The van der Waals surface area contributed by atoms with Gasteiger partial charge in [-0.1, -0.05) is 19.8 Å². The van der Waals surface area contributed by atoms with Gasteiger partial charge in [-0.05, 0) is 6.42 Å². The molecule has 0 radical (unpaired) electrons. The van der Waals surface area contributed by atoms with E-state index in [0.717, 1.165) is 19.3 Å². The summed E-state index contributed by atoms with van der Waals surface area (Å²) in [6, 6.07) is 0. The van der Waals surface area contributed by atoms with Gasteiger partial charge in [0.2, 0.25) is 0 Å². The molecular formula is C10H15NO4S. The molecule has 16 heavy (non-hydrogen) atoms. The van der Waals surface area contributed by atoms with Crippen LogP contribution in [0.25, 0.3) is 0 Å². The molecular weight excluding hydrogens is 230 g/mol. The minimum atomic E-state index is -0.371. The zero-order valence-corrected chi connectivity index (χ0v) is 10.0. The molecule has 2 amide bonds. The number of hydrogen-bond acceptors (Lipinski definition) is 5. The van der Waals surface area contributed by atoms with E-state index in [1.807, 2.05) is 0 Å². The molecule has 1 aliphatic rings. The molecule has 0 atom stereocenters. The summed E-state index contributed by atoms with van der Waals surface area (Å²) >= 11 is 4.76. The molecule has 0 bridgehead atoms. The summed E-state index contributed by atoms with van der Waals surface area (Å²) in [5.41, 5.74) is 0. The Labute approximate surface area is 99.6 Å². The number of hydrogen-bond donors (Lipinski definition) is 0. The van der Waals surface area contributed by atoms with Crippen molar-refractivity contribution in [1.29, 1.82) is 0 Å². The van der Waals surface area contributed by atoms with Gasteiger partial charge in [0.25, 0.3) is 11.8 Å². The van der Waals surface area contributed by atoms with Crippen molar-refractivity contribution in [3.05, 3.63) is 0 Å². The number of carbonyl (C=O) groups excluding carboxylic acids is 2. The summed E-state index contributed by atoms with van der Waals surface area (Å²) in [5, 5.41) is 0.516. The molecule has 1 heterocycles. The van der Waals surface area contributed by atoms with Crippen LogP contribution in [0.5, 0.6) is 0 Å². The van der Waals surface area contributed by atoms with Crippen molar-refractivity contribution in [3.8, 4) is 0 Å². The molecule has 1 aliphatic heterocycles. The SMILES string of the molecule is CCCCCOC(=S)ON1C(=O)CCC1=O. The molecule has 0 aromatic rings. The van der Waals surface area contributed by atoms with E-state index in [0.29, 0.717) is 11.7 Å². The largest absolute Gasteiger partial charge is 0.455 e. The highest BCUT2D eigenvalue weighted by Crippen LogP contribution is 2.12. The first-order valence-electron chi connectivity index (χ1n) is 5.35. The van der Waals surface area contributed by atoms with Gasteiger partial charge in [-0.25, -0.2) is 0 Å². The minimum Gasteiger partial charge on any atom is -0.455 e. The van der Waals surface area contributed by atoms with Crippen molar-refractivity contribution in [3.63, 3.8) is 0 Å². The lowest BCUT2D eigenvalue weighted by molar-refractivity contribution is -0.170. The minimum absolute atomic E-state index is 0.167. The van der Waals surface area contributed by atoms with Crippen molar-refractivity contribution < 1.29 is 19.2 Å². The van der Waals surface area contributed by atoms with Gasteiger partial charge in [-0.2, -0.15) is 0 Å². The Morgan fingerprint density at radius 2 is 1.94 bits per heavy atom.